The van der Waals surface area contributed by atoms with Crippen LogP contribution in [-0.4, -0.2) is 11.7 Å². The van der Waals surface area contributed by atoms with E-state index >= 15 is 0 Å². The Morgan fingerprint density at radius 2 is 2.15 bits per heavy atom. The highest BCUT2D eigenvalue weighted by Crippen LogP contribution is 2.54. The molecule has 3 atom stereocenters. The van der Waals surface area contributed by atoms with Crippen LogP contribution in [0.15, 0.2) is 23.8 Å². The van der Waals surface area contributed by atoms with Gasteiger partial charge < -0.3 is 5.11 Å². The molecule has 0 heterocycles. The van der Waals surface area contributed by atoms with Crippen molar-refractivity contribution < 1.29 is 5.11 Å². The van der Waals surface area contributed by atoms with E-state index in [0.29, 0.717) is 5.41 Å². The highest BCUT2D eigenvalue weighted by atomic mass is 16.2. The van der Waals surface area contributed by atoms with E-state index in [1.165, 1.54) is 49.7 Å². The van der Waals surface area contributed by atoms with Gasteiger partial charge in [0.1, 0.15) is 0 Å². The second-order valence-electron chi connectivity index (χ2n) is 7.73. The molecule has 0 saturated heterocycles. The molecule has 0 amide bonds. The smallest absolute Gasteiger partial charge is 0.0614 e. The summed E-state index contributed by atoms with van der Waals surface area (Å²) in [5, 5.41) is 8.99. The van der Waals surface area contributed by atoms with Gasteiger partial charge in [0.05, 0.1) is 6.61 Å². The lowest BCUT2D eigenvalue weighted by molar-refractivity contribution is 0.0228. The first kappa shape index (κ1) is 15.8. The van der Waals surface area contributed by atoms with Gasteiger partial charge in [-0.1, -0.05) is 44.1 Å². The van der Waals surface area contributed by atoms with E-state index in [0.717, 1.165) is 24.2 Å². The van der Waals surface area contributed by atoms with Crippen LogP contribution in [0.3, 0.4) is 0 Å². The summed E-state index contributed by atoms with van der Waals surface area (Å²) in [6.07, 6.45) is 11.1. The fourth-order valence-electron chi connectivity index (χ4n) is 4.73. The Morgan fingerprint density at radius 3 is 2.85 bits per heavy atom. The van der Waals surface area contributed by atoms with Gasteiger partial charge in [0.15, 0.2) is 0 Å². The van der Waals surface area contributed by atoms with E-state index in [4.69, 9.17) is 5.11 Å². The summed E-state index contributed by atoms with van der Waals surface area (Å²) in [4.78, 5) is 0. The molecule has 2 aliphatic carbocycles. The van der Waals surface area contributed by atoms with Crippen LogP contribution in [0, 0.1) is 23.2 Å². The highest BCUT2D eigenvalue weighted by Gasteiger charge is 2.44. The molecule has 114 valence electrons. The van der Waals surface area contributed by atoms with Crippen LogP contribution < -0.4 is 0 Å². The van der Waals surface area contributed by atoms with Crippen molar-refractivity contribution >= 4 is 0 Å². The van der Waals surface area contributed by atoms with E-state index in [9.17, 15) is 0 Å². The fourth-order valence-corrected chi connectivity index (χ4v) is 4.73. The van der Waals surface area contributed by atoms with Crippen molar-refractivity contribution in [2.45, 2.75) is 65.7 Å². The molecule has 0 radical (unpaired) electrons. The average molecular weight is 276 g/mol. The Hall–Kier alpha value is -0.560. The van der Waals surface area contributed by atoms with Gasteiger partial charge in [-0.05, 0) is 68.6 Å². The maximum atomic E-state index is 8.99. The lowest BCUT2D eigenvalue weighted by Gasteiger charge is -2.51. The number of allylic oxidation sites excluding steroid dienone is 2. The summed E-state index contributed by atoms with van der Waals surface area (Å²) in [5.41, 5.74) is 3.36. The maximum absolute atomic E-state index is 8.99. The van der Waals surface area contributed by atoms with Crippen LogP contribution in [0.5, 0.6) is 0 Å². The second-order valence-corrected chi connectivity index (χ2v) is 7.73. The summed E-state index contributed by atoms with van der Waals surface area (Å²) in [7, 11) is 0. The molecule has 0 aliphatic heterocycles. The molecule has 0 aromatic rings. The Balaban J connectivity index is 2.06. The summed E-state index contributed by atoms with van der Waals surface area (Å²) in [6.45, 7) is 11.7. The third-order valence-corrected chi connectivity index (χ3v) is 5.99. The Labute approximate surface area is 125 Å². The van der Waals surface area contributed by atoms with Crippen LogP contribution in [0.25, 0.3) is 0 Å². The van der Waals surface area contributed by atoms with Gasteiger partial charge in [-0.15, -0.1) is 0 Å². The second kappa shape index (κ2) is 6.47. The van der Waals surface area contributed by atoms with E-state index in [1.807, 2.05) is 6.08 Å². The largest absolute Gasteiger partial charge is 0.392 e. The molecule has 0 spiro atoms. The minimum Gasteiger partial charge on any atom is -0.392 e. The zero-order valence-corrected chi connectivity index (χ0v) is 13.6. The zero-order valence-electron chi connectivity index (χ0n) is 13.6. The predicted octanol–water partition coefficient (Wildman–Crippen LogP) is 5.11. The first-order valence-corrected chi connectivity index (χ1v) is 8.40. The summed E-state index contributed by atoms with van der Waals surface area (Å²) in [6, 6.07) is 0. The van der Waals surface area contributed by atoms with Gasteiger partial charge in [0, 0.05) is 0 Å². The van der Waals surface area contributed by atoms with E-state index < -0.39 is 0 Å². The molecule has 0 bridgehead atoms. The molecule has 2 fully saturated rings. The first-order chi connectivity index (χ1) is 9.45. The molecule has 0 aromatic heterocycles. The van der Waals surface area contributed by atoms with E-state index in [-0.39, 0.29) is 6.61 Å². The third kappa shape index (κ3) is 3.36. The molecule has 2 saturated carbocycles. The quantitative estimate of drug-likeness (QED) is 0.707. The normalized spacial score (nSPS) is 33.9. The Morgan fingerprint density at radius 1 is 1.40 bits per heavy atom. The third-order valence-electron chi connectivity index (χ3n) is 5.99. The van der Waals surface area contributed by atoms with Gasteiger partial charge in [-0.25, -0.2) is 0 Å². The molecule has 20 heavy (non-hydrogen) atoms. The summed E-state index contributed by atoms with van der Waals surface area (Å²) >= 11 is 0. The molecule has 1 nitrogen and oxygen atoms in total. The number of hydrogen-bond donors (Lipinski definition) is 1. The zero-order chi connectivity index (χ0) is 14.8. The standard InChI is InChI=1S/C19H32O/c1-14(11-13-20)7-9-16-15(2)8-10-18-17(16)6-5-12-19(18,3)4/h11,16-18,20H,2,5-10,12-13H2,1,3-4H3/b14-11+/t16-,17+,18+/m0/s1. The van der Waals surface area contributed by atoms with Crippen molar-refractivity contribution in [3.05, 3.63) is 23.8 Å². The van der Waals surface area contributed by atoms with Crippen molar-refractivity contribution in [3.63, 3.8) is 0 Å². The number of hydrogen-bond acceptors (Lipinski definition) is 1. The van der Waals surface area contributed by atoms with Crippen LogP contribution in [0.4, 0.5) is 0 Å². The van der Waals surface area contributed by atoms with Crippen molar-refractivity contribution in [2.75, 3.05) is 6.61 Å². The van der Waals surface area contributed by atoms with Crippen molar-refractivity contribution in [1.29, 1.82) is 0 Å². The topological polar surface area (TPSA) is 20.2 Å². The molecule has 2 aliphatic rings. The number of aliphatic hydroxyl groups excluding tert-OH is 1. The monoisotopic (exact) mass is 276 g/mol. The Bertz CT molecular complexity index is 377. The van der Waals surface area contributed by atoms with Crippen LogP contribution in [0.2, 0.25) is 0 Å². The van der Waals surface area contributed by atoms with E-state index in [2.05, 4.69) is 27.4 Å². The van der Waals surface area contributed by atoms with Gasteiger partial charge in [0.25, 0.3) is 0 Å². The van der Waals surface area contributed by atoms with Crippen molar-refractivity contribution in [1.82, 2.24) is 0 Å². The molecule has 0 unspecified atom stereocenters. The average Bonchev–Trinajstić information content (AvgIpc) is 2.37. The molecule has 1 heteroatoms. The van der Waals surface area contributed by atoms with Crippen molar-refractivity contribution in [3.8, 4) is 0 Å². The van der Waals surface area contributed by atoms with Crippen molar-refractivity contribution in [2.24, 2.45) is 23.2 Å². The summed E-state index contributed by atoms with van der Waals surface area (Å²) < 4.78 is 0. The molecule has 1 N–H and O–H groups in total. The molecule has 0 aromatic carbocycles. The lowest BCUT2D eigenvalue weighted by atomic mass is 9.54. The maximum Gasteiger partial charge on any atom is 0.0614 e. The minimum atomic E-state index is 0.177. The lowest BCUT2D eigenvalue weighted by Crippen LogP contribution is -2.41. The van der Waals surface area contributed by atoms with Gasteiger partial charge >= 0.3 is 0 Å². The van der Waals surface area contributed by atoms with E-state index in [1.54, 1.807) is 0 Å². The SMILES string of the molecule is C=C1CC[C@@H]2[C@H](CCCC2(C)C)[C@H]1CC/C(C)=C/CO. The minimum absolute atomic E-state index is 0.177. The van der Waals surface area contributed by atoms with Crippen LogP contribution in [0.1, 0.15) is 65.7 Å². The Kier molecular flexibility index (Phi) is 5.12. The fraction of sp³-hybridized carbons (Fsp3) is 0.789. The predicted molar refractivity (Wildman–Crippen MR) is 86.6 cm³/mol. The number of aliphatic hydroxyl groups is 1. The van der Waals surface area contributed by atoms with Crippen LogP contribution >= 0.6 is 0 Å². The van der Waals surface area contributed by atoms with Crippen LogP contribution in [-0.2, 0) is 0 Å². The molecular formula is C19H32O. The number of fused-ring (bicyclic) bond motifs is 1. The molecule has 2 rings (SSSR count). The molecular weight excluding hydrogens is 244 g/mol. The van der Waals surface area contributed by atoms with Gasteiger partial charge in [0.2, 0.25) is 0 Å². The summed E-state index contributed by atoms with van der Waals surface area (Å²) in [5.74, 6) is 2.48. The number of rotatable bonds is 4. The first-order valence-electron chi connectivity index (χ1n) is 8.40. The highest BCUT2D eigenvalue weighted by molar-refractivity contribution is 5.12. The van der Waals surface area contributed by atoms with Gasteiger partial charge in [-0.3, -0.25) is 0 Å². The van der Waals surface area contributed by atoms with Gasteiger partial charge in [-0.2, -0.15) is 0 Å².